The van der Waals surface area contributed by atoms with Crippen LogP contribution in [-0.4, -0.2) is 22.2 Å². The van der Waals surface area contributed by atoms with Gasteiger partial charge in [-0.05, 0) is 37.1 Å². The van der Waals surface area contributed by atoms with Crippen molar-refractivity contribution in [2.45, 2.75) is 45.4 Å². The lowest BCUT2D eigenvalue weighted by Crippen LogP contribution is -2.44. The molecule has 6 nitrogen and oxygen atoms in total. The van der Waals surface area contributed by atoms with E-state index < -0.39 is 6.10 Å². The van der Waals surface area contributed by atoms with Crippen LogP contribution in [0.4, 0.5) is 4.79 Å². The van der Waals surface area contributed by atoms with Crippen LogP contribution in [0.5, 0.6) is 0 Å². The Kier molecular flexibility index (Phi) is 6.37. The molecule has 24 heavy (non-hydrogen) atoms. The Morgan fingerprint density at radius 3 is 2.58 bits per heavy atom. The Balaban J connectivity index is 1.88. The highest BCUT2D eigenvalue weighted by Gasteiger charge is 2.21. The summed E-state index contributed by atoms with van der Waals surface area (Å²) in [4.78, 5) is 16.6. The monoisotopic (exact) mass is 331 g/mol. The van der Waals surface area contributed by atoms with Crippen LogP contribution in [0, 0.1) is 5.92 Å². The van der Waals surface area contributed by atoms with Gasteiger partial charge in [-0.25, -0.2) is 4.79 Å². The van der Waals surface area contributed by atoms with Crippen LogP contribution in [0.25, 0.3) is 0 Å². The Morgan fingerprint density at radius 1 is 1.21 bits per heavy atom. The molecular formula is C18H25N3O3. The minimum Gasteiger partial charge on any atom is -0.467 e. The van der Waals surface area contributed by atoms with Crippen molar-refractivity contribution < 1.29 is 14.3 Å². The lowest BCUT2D eigenvalue weighted by atomic mass is 10.0. The van der Waals surface area contributed by atoms with E-state index in [1.54, 1.807) is 18.3 Å². The number of furan rings is 1. The van der Waals surface area contributed by atoms with Gasteiger partial charge >= 0.3 is 6.03 Å². The molecule has 0 unspecified atom stereocenters. The van der Waals surface area contributed by atoms with Gasteiger partial charge in [-0.2, -0.15) is 0 Å². The van der Waals surface area contributed by atoms with Gasteiger partial charge in [0.2, 0.25) is 0 Å². The van der Waals surface area contributed by atoms with Crippen LogP contribution in [0.2, 0.25) is 0 Å². The van der Waals surface area contributed by atoms with E-state index in [9.17, 15) is 9.90 Å². The van der Waals surface area contributed by atoms with Crippen molar-refractivity contribution in [3.63, 3.8) is 0 Å². The molecule has 0 aliphatic heterocycles. The quantitative estimate of drug-likeness (QED) is 0.727. The molecule has 0 saturated carbocycles. The predicted molar refractivity (Wildman–Crippen MR) is 91.2 cm³/mol. The summed E-state index contributed by atoms with van der Waals surface area (Å²) < 4.78 is 5.17. The molecule has 0 aliphatic rings. The molecule has 6 heteroatoms. The standard InChI is InChI=1S/C18H25N3O3/c1-12(2)17(14-7-4-5-9-19-14)21-18(23)20-13(3)11-15(22)16-8-6-10-24-16/h4-10,12-13,15,17,22H,11H2,1-3H3,(H2,20,21,23)/t13-,15-,17-/m1/s1. The van der Waals surface area contributed by atoms with E-state index in [0.29, 0.717) is 12.2 Å². The molecule has 0 aromatic carbocycles. The van der Waals surface area contributed by atoms with Crippen molar-refractivity contribution >= 4 is 6.03 Å². The second-order valence-electron chi connectivity index (χ2n) is 6.26. The third-order valence-corrected chi connectivity index (χ3v) is 3.79. The molecule has 2 aromatic rings. The van der Waals surface area contributed by atoms with E-state index in [4.69, 9.17) is 4.42 Å². The highest BCUT2D eigenvalue weighted by Crippen LogP contribution is 2.20. The van der Waals surface area contributed by atoms with Crippen LogP contribution in [0.15, 0.2) is 47.2 Å². The summed E-state index contributed by atoms with van der Waals surface area (Å²) in [5.74, 6) is 0.701. The Morgan fingerprint density at radius 2 is 2.00 bits per heavy atom. The summed E-state index contributed by atoms with van der Waals surface area (Å²) in [5.41, 5.74) is 0.825. The van der Waals surface area contributed by atoms with E-state index in [0.717, 1.165) is 5.69 Å². The minimum atomic E-state index is -0.744. The molecule has 0 fully saturated rings. The molecule has 0 bridgehead atoms. The number of hydrogen-bond acceptors (Lipinski definition) is 4. The Bertz CT molecular complexity index is 614. The highest BCUT2D eigenvalue weighted by atomic mass is 16.4. The summed E-state index contributed by atoms with van der Waals surface area (Å²) >= 11 is 0. The second kappa shape index (κ2) is 8.49. The van der Waals surface area contributed by atoms with Gasteiger partial charge in [-0.3, -0.25) is 4.98 Å². The number of aliphatic hydroxyl groups excluding tert-OH is 1. The van der Waals surface area contributed by atoms with Crippen molar-refractivity contribution in [1.82, 2.24) is 15.6 Å². The first-order valence-corrected chi connectivity index (χ1v) is 8.16. The van der Waals surface area contributed by atoms with Gasteiger partial charge in [0.15, 0.2) is 0 Å². The van der Waals surface area contributed by atoms with Gasteiger partial charge in [0, 0.05) is 18.7 Å². The van der Waals surface area contributed by atoms with E-state index in [-0.39, 0.29) is 24.0 Å². The predicted octanol–water partition coefficient (Wildman–Crippen LogP) is 3.18. The number of amides is 2. The number of pyridine rings is 1. The molecule has 0 spiro atoms. The number of hydrogen-bond donors (Lipinski definition) is 3. The molecule has 2 amide bonds. The van der Waals surface area contributed by atoms with Crippen molar-refractivity contribution in [3.8, 4) is 0 Å². The second-order valence-corrected chi connectivity index (χ2v) is 6.26. The van der Waals surface area contributed by atoms with Gasteiger partial charge in [-0.1, -0.05) is 19.9 Å². The number of aromatic nitrogens is 1. The molecule has 2 heterocycles. The Hall–Kier alpha value is -2.34. The molecule has 0 radical (unpaired) electrons. The third-order valence-electron chi connectivity index (χ3n) is 3.79. The van der Waals surface area contributed by atoms with Crippen LogP contribution < -0.4 is 10.6 Å². The number of carbonyl (C=O) groups is 1. The number of aliphatic hydroxyl groups is 1. The van der Waals surface area contributed by atoms with Crippen LogP contribution in [0.3, 0.4) is 0 Å². The molecule has 2 rings (SSSR count). The van der Waals surface area contributed by atoms with Crippen LogP contribution >= 0.6 is 0 Å². The SMILES string of the molecule is CC(C)[C@@H](NC(=O)N[C@H](C)C[C@@H](O)c1ccco1)c1ccccn1. The summed E-state index contributed by atoms with van der Waals surface area (Å²) in [7, 11) is 0. The first-order chi connectivity index (χ1) is 11.5. The largest absolute Gasteiger partial charge is 0.467 e. The molecule has 0 aliphatic carbocycles. The van der Waals surface area contributed by atoms with Gasteiger partial charge in [0.1, 0.15) is 11.9 Å². The maximum absolute atomic E-state index is 12.3. The highest BCUT2D eigenvalue weighted by molar-refractivity contribution is 5.74. The third kappa shape index (κ3) is 5.09. The molecule has 130 valence electrons. The summed E-state index contributed by atoms with van der Waals surface area (Å²) in [6.45, 7) is 5.91. The molecule has 2 aromatic heterocycles. The molecule has 3 N–H and O–H groups in total. The zero-order chi connectivity index (χ0) is 17.5. The fourth-order valence-electron chi connectivity index (χ4n) is 2.54. The van der Waals surface area contributed by atoms with Crippen molar-refractivity contribution in [2.75, 3.05) is 0 Å². The van der Waals surface area contributed by atoms with E-state index >= 15 is 0 Å². The van der Waals surface area contributed by atoms with E-state index in [2.05, 4.69) is 15.6 Å². The van der Waals surface area contributed by atoms with Crippen molar-refractivity contribution in [3.05, 3.63) is 54.2 Å². The maximum Gasteiger partial charge on any atom is 0.315 e. The summed E-state index contributed by atoms with van der Waals surface area (Å²) in [6, 6.07) is 8.43. The molecule has 0 saturated heterocycles. The van der Waals surface area contributed by atoms with Crippen LogP contribution in [0.1, 0.15) is 50.8 Å². The summed E-state index contributed by atoms with van der Waals surface area (Å²) in [6.07, 6.45) is 2.86. The van der Waals surface area contributed by atoms with Crippen LogP contribution in [-0.2, 0) is 0 Å². The average molecular weight is 331 g/mol. The number of rotatable bonds is 7. The first-order valence-electron chi connectivity index (χ1n) is 8.16. The number of carbonyl (C=O) groups excluding carboxylic acids is 1. The van der Waals surface area contributed by atoms with Crippen molar-refractivity contribution in [1.29, 1.82) is 0 Å². The smallest absolute Gasteiger partial charge is 0.315 e. The van der Waals surface area contributed by atoms with E-state index in [1.807, 2.05) is 39.0 Å². The molecular weight excluding hydrogens is 306 g/mol. The fourth-order valence-corrected chi connectivity index (χ4v) is 2.54. The number of nitrogens with zero attached hydrogens (tertiary/aromatic N) is 1. The fraction of sp³-hybridized carbons (Fsp3) is 0.444. The lowest BCUT2D eigenvalue weighted by molar-refractivity contribution is 0.129. The van der Waals surface area contributed by atoms with Crippen molar-refractivity contribution in [2.24, 2.45) is 5.92 Å². The first kappa shape index (κ1) is 18.0. The minimum absolute atomic E-state index is 0.173. The Labute approximate surface area is 142 Å². The number of nitrogens with one attached hydrogen (secondary N) is 2. The maximum atomic E-state index is 12.3. The average Bonchev–Trinajstić information content (AvgIpc) is 3.07. The molecule has 3 atom stereocenters. The van der Waals surface area contributed by atoms with Gasteiger partial charge in [0.25, 0.3) is 0 Å². The van der Waals surface area contributed by atoms with Gasteiger partial charge in [-0.15, -0.1) is 0 Å². The van der Waals surface area contributed by atoms with Gasteiger partial charge in [0.05, 0.1) is 18.0 Å². The zero-order valence-corrected chi connectivity index (χ0v) is 14.3. The summed E-state index contributed by atoms with van der Waals surface area (Å²) in [5, 5.41) is 15.9. The lowest BCUT2D eigenvalue weighted by Gasteiger charge is -2.24. The topological polar surface area (TPSA) is 87.4 Å². The zero-order valence-electron chi connectivity index (χ0n) is 14.3. The number of urea groups is 1. The van der Waals surface area contributed by atoms with Gasteiger partial charge < -0.3 is 20.2 Å². The normalized spacial score (nSPS) is 14.9. The van der Waals surface area contributed by atoms with E-state index in [1.165, 1.54) is 6.26 Å².